The van der Waals surface area contributed by atoms with Crippen LogP contribution in [-0.4, -0.2) is 13.1 Å². The van der Waals surface area contributed by atoms with Gasteiger partial charge < -0.3 is 9.47 Å². The van der Waals surface area contributed by atoms with E-state index in [1.807, 2.05) is 6.07 Å². The molecule has 4 nitrogen and oxygen atoms in total. The number of methoxy groups -OCH3 is 1. The molecule has 0 radical (unpaired) electrons. The Kier molecular flexibility index (Phi) is 7.93. The van der Waals surface area contributed by atoms with Crippen LogP contribution in [0.4, 0.5) is 0 Å². The second-order valence-electron chi connectivity index (χ2n) is 7.61. The zero-order valence-corrected chi connectivity index (χ0v) is 18.0. The van der Waals surface area contributed by atoms with E-state index >= 15 is 0 Å². The smallest absolute Gasteiger partial charge is 0.311 e. The van der Waals surface area contributed by atoms with Crippen LogP contribution in [0.2, 0.25) is 5.02 Å². The van der Waals surface area contributed by atoms with Crippen LogP contribution in [0.15, 0.2) is 42.5 Å². The van der Waals surface area contributed by atoms with Crippen molar-refractivity contribution in [3.63, 3.8) is 0 Å². The van der Waals surface area contributed by atoms with Crippen molar-refractivity contribution in [2.45, 2.75) is 44.9 Å². The van der Waals surface area contributed by atoms with Gasteiger partial charge in [-0.25, -0.2) is 0 Å². The second kappa shape index (κ2) is 10.8. The van der Waals surface area contributed by atoms with Gasteiger partial charge in [-0.05, 0) is 53.8 Å². The van der Waals surface area contributed by atoms with Crippen LogP contribution in [0.3, 0.4) is 0 Å². The van der Waals surface area contributed by atoms with Crippen molar-refractivity contribution >= 4 is 29.2 Å². The van der Waals surface area contributed by atoms with Crippen LogP contribution in [0.5, 0.6) is 11.5 Å². The summed E-state index contributed by atoms with van der Waals surface area (Å²) in [4.78, 5) is 12.3. The Morgan fingerprint density at radius 1 is 1.17 bits per heavy atom. The zero-order chi connectivity index (χ0) is 21.3. The lowest BCUT2D eigenvalue weighted by Crippen LogP contribution is -2.13. The topological polar surface area (TPSA) is 59.3 Å². The van der Waals surface area contributed by atoms with Crippen molar-refractivity contribution < 1.29 is 14.3 Å². The van der Waals surface area contributed by atoms with Crippen molar-refractivity contribution in [2.75, 3.05) is 7.11 Å². The molecule has 156 valence electrons. The van der Waals surface area contributed by atoms with Gasteiger partial charge in [-0.1, -0.05) is 61.9 Å². The highest BCUT2D eigenvalue weighted by Gasteiger charge is 2.17. The number of benzene rings is 2. The number of halogens is 1. The Morgan fingerprint density at radius 2 is 1.97 bits per heavy atom. The van der Waals surface area contributed by atoms with Crippen LogP contribution in [-0.2, 0) is 4.79 Å². The van der Waals surface area contributed by atoms with E-state index in [1.54, 1.807) is 42.5 Å². The number of carbonyl (C=O) groups excluding carboxylic acids is 1. The van der Waals surface area contributed by atoms with E-state index < -0.39 is 0 Å². The Morgan fingerprint density at radius 3 is 2.67 bits per heavy atom. The Labute approximate surface area is 183 Å². The molecule has 0 aliphatic heterocycles. The molecule has 0 saturated heterocycles. The van der Waals surface area contributed by atoms with Gasteiger partial charge in [0, 0.05) is 11.4 Å². The van der Waals surface area contributed by atoms with E-state index in [0.717, 1.165) is 17.5 Å². The lowest BCUT2D eigenvalue weighted by atomic mass is 9.86. The number of nitrogens with zero attached hydrogens (tertiary/aromatic N) is 1. The summed E-state index contributed by atoms with van der Waals surface area (Å²) in [5.41, 5.74) is 1.99. The molecule has 1 saturated carbocycles. The van der Waals surface area contributed by atoms with Crippen molar-refractivity contribution in [2.24, 2.45) is 5.92 Å². The lowest BCUT2D eigenvalue weighted by molar-refractivity contribution is -0.134. The number of hydrogen-bond acceptors (Lipinski definition) is 4. The number of ether oxygens (including phenoxy) is 2. The molecule has 2 aromatic carbocycles. The first-order chi connectivity index (χ1) is 14.6. The normalized spacial score (nSPS) is 14.8. The minimum atomic E-state index is -0.237. The summed E-state index contributed by atoms with van der Waals surface area (Å²) in [6, 6.07) is 14.6. The largest absolute Gasteiger partial charge is 0.493 e. The molecule has 2 aromatic rings. The molecule has 0 bridgehead atoms. The molecular weight excluding hydrogens is 398 g/mol. The number of nitriles is 1. The molecule has 5 heteroatoms. The van der Waals surface area contributed by atoms with Crippen LogP contribution in [0, 0.1) is 17.2 Å². The molecule has 30 heavy (non-hydrogen) atoms. The van der Waals surface area contributed by atoms with E-state index in [1.165, 1.54) is 39.2 Å². The van der Waals surface area contributed by atoms with Gasteiger partial charge >= 0.3 is 5.97 Å². The van der Waals surface area contributed by atoms with Crippen molar-refractivity contribution in [3.8, 4) is 17.6 Å². The first kappa shape index (κ1) is 21.9. The molecule has 1 aliphatic rings. The number of esters is 1. The van der Waals surface area contributed by atoms with Crippen molar-refractivity contribution in [3.05, 3.63) is 58.6 Å². The Hall–Kier alpha value is -2.77. The first-order valence-corrected chi connectivity index (χ1v) is 10.7. The van der Waals surface area contributed by atoms with E-state index in [0.29, 0.717) is 34.4 Å². The number of hydrogen-bond donors (Lipinski definition) is 0. The van der Waals surface area contributed by atoms with Gasteiger partial charge in [-0.15, -0.1) is 0 Å². The van der Waals surface area contributed by atoms with Gasteiger partial charge in [0.15, 0.2) is 11.5 Å². The number of rotatable bonds is 7. The average Bonchev–Trinajstić information content (AvgIpc) is 2.77. The summed E-state index contributed by atoms with van der Waals surface area (Å²) in [6.07, 6.45) is 9.32. The fourth-order valence-corrected chi connectivity index (χ4v) is 4.02. The predicted molar refractivity (Wildman–Crippen MR) is 119 cm³/mol. The van der Waals surface area contributed by atoms with Crippen LogP contribution in [0.25, 0.3) is 11.6 Å². The maximum atomic E-state index is 12.3. The SMILES string of the molecule is COc1cc(/C=C(/C#N)c2cccc(Cl)c2)ccc1OC(=O)CCC1CCCCC1. The van der Waals surface area contributed by atoms with Crippen molar-refractivity contribution in [1.82, 2.24) is 0 Å². The minimum absolute atomic E-state index is 0.237. The molecule has 0 heterocycles. The summed E-state index contributed by atoms with van der Waals surface area (Å²) in [6.45, 7) is 0. The monoisotopic (exact) mass is 423 g/mol. The van der Waals surface area contributed by atoms with Gasteiger partial charge in [-0.2, -0.15) is 5.26 Å². The maximum Gasteiger partial charge on any atom is 0.311 e. The second-order valence-corrected chi connectivity index (χ2v) is 8.04. The Balaban J connectivity index is 1.69. The Bertz CT molecular complexity index is 955. The molecule has 0 N–H and O–H groups in total. The lowest BCUT2D eigenvalue weighted by Gasteiger charge is -2.20. The molecule has 3 rings (SSSR count). The van der Waals surface area contributed by atoms with Crippen molar-refractivity contribution in [1.29, 1.82) is 5.26 Å². The fraction of sp³-hybridized carbons (Fsp3) is 0.360. The quantitative estimate of drug-likeness (QED) is 0.216. The van der Waals surface area contributed by atoms with Crippen LogP contribution < -0.4 is 9.47 Å². The molecule has 0 amide bonds. The van der Waals surface area contributed by atoms with Gasteiger partial charge in [0.1, 0.15) is 0 Å². The third kappa shape index (κ3) is 6.11. The van der Waals surface area contributed by atoms with E-state index in [4.69, 9.17) is 21.1 Å². The third-order valence-electron chi connectivity index (χ3n) is 5.46. The highest BCUT2D eigenvalue weighted by atomic mass is 35.5. The number of carbonyl (C=O) groups is 1. The van der Waals surface area contributed by atoms with E-state index in [2.05, 4.69) is 6.07 Å². The van der Waals surface area contributed by atoms with E-state index in [-0.39, 0.29) is 5.97 Å². The highest BCUT2D eigenvalue weighted by Crippen LogP contribution is 2.31. The van der Waals surface area contributed by atoms with E-state index in [9.17, 15) is 10.1 Å². The molecule has 0 unspecified atom stereocenters. The van der Waals surface area contributed by atoms with Gasteiger partial charge in [0.2, 0.25) is 0 Å². The molecule has 1 fully saturated rings. The average molecular weight is 424 g/mol. The molecular formula is C25H26ClNO3. The van der Waals surface area contributed by atoms with Crippen LogP contribution in [0.1, 0.15) is 56.1 Å². The molecule has 0 atom stereocenters. The summed E-state index contributed by atoms with van der Waals surface area (Å²) < 4.78 is 11.0. The standard InChI is InChI=1S/C25H26ClNO3/c1-29-24-15-19(14-21(17-27)20-8-5-9-22(26)16-20)10-12-23(24)30-25(28)13-11-18-6-3-2-4-7-18/h5,8-10,12,14-16,18H,2-4,6-7,11,13H2,1H3/b21-14-. The van der Waals surface area contributed by atoms with Gasteiger partial charge in [0.25, 0.3) is 0 Å². The minimum Gasteiger partial charge on any atom is -0.493 e. The molecule has 0 spiro atoms. The molecule has 1 aliphatic carbocycles. The van der Waals surface area contributed by atoms with Crippen LogP contribution >= 0.6 is 11.6 Å². The van der Waals surface area contributed by atoms with Gasteiger partial charge in [0.05, 0.1) is 18.8 Å². The summed E-state index contributed by atoms with van der Waals surface area (Å²) in [5.74, 6) is 1.25. The fourth-order valence-electron chi connectivity index (χ4n) is 3.83. The highest BCUT2D eigenvalue weighted by molar-refractivity contribution is 6.30. The predicted octanol–water partition coefficient (Wildman–Crippen LogP) is 6.68. The first-order valence-electron chi connectivity index (χ1n) is 10.4. The maximum absolute atomic E-state index is 12.3. The molecule has 0 aromatic heterocycles. The zero-order valence-electron chi connectivity index (χ0n) is 17.2. The summed E-state index contributed by atoms with van der Waals surface area (Å²) >= 11 is 6.04. The number of allylic oxidation sites excluding steroid dienone is 1. The summed E-state index contributed by atoms with van der Waals surface area (Å²) in [5, 5.41) is 10.1. The van der Waals surface area contributed by atoms with Gasteiger partial charge in [-0.3, -0.25) is 4.79 Å². The summed E-state index contributed by atoms with van der Waals surface area (Å²) in [7, 11) is 1.53. The third-order valence-corrected chi connectivity index (χ3v) is 5.70.